The van der Waals surface area contributed by atoms with E-state index in [0.29, 0.717) is 60.3 Å². The molecule has 0 spiro atoms. The summed E-state index contributed by atoms with van der Waals surface area (Å²) in [5.41, 5.74) is 6.46. The second kappa shape index (κ2) is 15.3. The maximum atomic E-state index is 7.23. The van der Waals surface area contributed by atoms with E-state index in [1.165, 1.54) is 22.9 Å². The monoisotopic (exact) mass is 784 g/mol. The summed E-state index contributed by atoms with van der Waals surface area (Å²) in [6.45, 7) is 19.2. The van der Waals surface area contributed by atoms with Crippen molar-refractivity contribution in [3.8, 4) is 23.1 Å². The highest BCUT2D eigenvalue weighted by Crippen LogP contribution is 2.47. The predicted octanol–water partition coefficient (Wildman–Crippen LogP) is 14.1. The molecule has 0 amide bonds. The summed E-state index contributed by atoms with van der Waals surface area (Å²) in [5, 5.41) is 1.35. The summed E-state index contributed by atoms with van der Waals surface area (Å²) < 4.78 is 19.6. The van der Waals surface area contributed by atoms with E-state index in [0.717, 1.165) is 21.6 Å². The zero-order chi connectivity index (χ0) is 38.2. The maximum absolute atomic E-state index is 7.23. The topological polar surface area (TPSA) is 55.8 Å². The molecule has 9 heteroatoms. The molecular weight excluding hydrogens is 743 g/mol. The van der Waals surface area contributed by atoms with Gasteiger partial charge >= 0.3 is 0 Å². The van der Waals surface area contributed by atoms with Gasteiger partial charge in [0.15, 0.2) is 5.76 Å². The SMILES string of the molecule is Cc1cc(C)c(O/C(=C2\C=C(Cl)C(Oc3ccc(C(C)(C)C)cc3)=N2)c2[nH]c(Oc3ccc(C(C)(C)C)cc3)c(Cl)c2Sc2ccc(Cl)cc2)c(C)c1. The molecule has 1 aliphatic heterocycles. The number of aromatic nitrogens is 1. The lowest BCUT2D eigenvalue weighted by atomic mass is 9.87. The smallest absolute Gasteiger partial charge is 0.238 e. The average molecular weight is 786 g/mol. The Bertz CT molecular complexity index is 2220. The Balaban J connectivity index is 1.49. The van der Waals surface area contributed by atoms with Gasteiger partial charge in [-0.25, -0.2) is 4.99 Å². The van der Waals surface area contributed by atoms with Gasteiger partial charge in [0.2, 0.25) is 11.8 Å². The Kier molecular flexibility index (Phi) is 11.2. The molecule has 1 aliphatic rings. The summed E-state index contributed by atoms with van der Waals surface area (Å²) in [6.07, 6.45) is 1.74. The Morgan fingerprint density at radius 1 is 0.698 bits per heavy atom. The van der Waals surface area contributed by atoms with Gasteiger partial charge in [-0.1, -0.05) is 130 Å². The van der Waals surface area contributed by atoms with Crippen molar-refractivity contribution in [3.63, 3.8) is 0 Å². The van der Waals surface area contributed by atoms with Crippen LogP contribution in [-0.2, 0) is 10.8 Å². The van der Waals surface area contributed by atoms with Crippen LogP contribution in [0.5, 0.6) is 23.1 Å². The van der Waals surface area contributed by atoms with Crippen LogP contribution in [0.2, 0.25) is 10.0 Å². The Labute approximate surface area is 332 Å². The third kappa shape index (κ3) is 9.01. The molecule has 0 unspecified atom stereocenters. The number of hydrogen-bond donors (Lipinski definition) is 1. The summed E-state index contributed by atoms with van der Waals surface area (Å²) in [4.78, 5) is 9.94. The van der Waals surface area contributed by atoms with Crippen molar-refractivity contribution in [1.82, 2.24) is 4.98 Å². The van der Waals surface area contributed by atoms with Crippen LogP contribution in [0.15, 0.2) is 117 Å². The number of aromatic amines is 1. The minimum atomic E-state index is -0.00212. The van der Waals surface area contributed by atoms with Crippen LogP contribution in [0.4, 0.5) is 0 Å². The van der Waals surface area contributed by atoms with Crippen molar-refractivity contribution in [2.24, 2.45) is 4.99 Å². The fourth-order valence-electron chi connectivity index (χ4n) is 5.89. The number of rotatable bonds is 8. The molecule has 0 fully saturated rings. The quantitative estimate of drug-likeness (QED) is 0.159. The predicted molar refractivity (Wildman–Crippen MR) is 222 cm³/mol. The van der Waals surface area contributed by atoms with Crippen molar-refractivity contribution in [1.29, 1.82) is 0 Å². The summed E-state index contributed by atoms with van der Waals surface area (Å²) >= 11 is 21.8. The first-order chi connectivity index (χ1) is 25.0. The number of allylic oxidation sites excluding steroid dienone is 1. The number of aliphatic imine (C=N–C) groups is 1. The van der Waals surface area contributed by atoms with Crippen LogP contribution < -0.4 is 14.2 Å². The van der Waals surface area contributed by atoms with E-state index in [1.54, 1.807) is 6.08 Å². The first kappa shape index (κ1) is 38.6. The molecule has 2 heterocycles. The zero-order valence-corrected chi connectivity index (χ0v) is 34.5. The highest BCUT2D eigenvalue weighted by atomic mass is 35.5. The lowest BCUT2D eigenvalue weighted by molar-refractivity contribution is 0.462. The maximum Gasteiger partial charge on any atom is 0.238 e. The molecule has 0 saturated carbocycles. The first-order valence-electron chi connectivity index (χ1n) is 17.3. The standard InChI is InChI=1S/C44H43Cl3N2O3S/c1-25-22-26(2)38(27(3)23-25)52-39(35-24-34(46)41(48-35)50-31-16-10-28(11-17-31)43(4,5)6)37-40(53-33-20-14-30(45)15-21-33)36(47)42(49-37)51-32-18-12-29(13-19-32)44(7,8)9/h10-24,49H,1-9H3/b39-35+. The van der Waals surface area contributed by atoms with Gasteiger partial charge in [-0.2, -0.15) is 0 Å². The van der Waals surface area contributed by atoms with E-state index in [2.05, 4.69) is 89.8 Å². The van der Waals surface area contributed by atoms with E-state index in [-0.39, 0.29) is 16.7 Å². The van der Waals surface area contributed by atoms with Crippen molar-refractivity contribution in [2.75, 3.05) is 0 Å². The molecule has 53 heavy (non-hydrogen) atoms. The average Bonchev–Trinajstić information content (AvgIpc) is 3.59. The molecule has 5 nitrogen and oxygen atoms in total. The second-order valence-electron chi connectivity index (χ2n) is 15.2. The largest absolute Gasteiger partial charge is 0.452 e. The highest BCUT2D eigenvalue weighted by Gasteiger charge is 2.29. The third-order valence-electron chi connectivity index (χ3n) is 8.73. The molecule has 274 valence electrons. The highest BCUT2D eigenvalue weighted by molar-refractivity contribution is 7.99. The normalized spacial score (nSPS) is 14.2. The van der Waals surface area contributed by atoms with Crippen molar-refractivity contribution < 1.29 is 14.2 Å². The van der Waals surface area contributed by atoms with E-state index >= 15 is 0 Å². The van der Waals surface area contributed by atoms with Crippen LogP contribution in [0.1, 0.15) is 75.1 Å². The van der Waals surface area contributed by atoms with Gasteiger partial charge < -0.3 is 19.2 Å². The number of benzene rings is 4. The van der Waals surface area contributed by atoms with Gasteiger partial charge in [0, 0.05) is 9.92 Å². The number of H-pyrrole nitrogens is 1. The Morgan fingerprint density at radius 3 is 1.75 bits per heavy atom. The van der Waals surface area contributed by atoms with Crippen LogP contribution in [0.3, 0.4) is 0 Å². The summed E-state index contributed by atoms with van der Waals surface area (Å²) in [5.74, 6) is 2.95. The molecule has 1 N–H and O–H groups in total. The van der Waals surface area contributed by atoms with Gasteiger partial charge in [0.25, 0.3) is 0 Å². The number of hydrogen-bond acceptors (Lipinski definition) is 5. The minimum absolute atomic E-state index is 0.00212. The molecular formula is C44H43Cl3N2O3S. The molecule has 6 rings (SSSR count). The lowest BCUT2D eigenvalue weighted by Crippen LogP contribution is -2.11. The molecule has 0 bridgehead atoms. The third-order valence-corrected chi connectivity index (χ3v) is 10.8. The summed E-state index contributed by atoms with van der Waals surface area (Å²) in [7, 11) is 0. The molecule has 4 aromatic carbocycles. The number of nitrogens with zero attached hydrogens (tertiary/aromatic N) is 1. The fourth-order valence-corrected chi connectivity index (χ4v) is 7.43. The second-order valence-corrected chi connectivity index (χ2v) is 17.5. The Morgan fingerprint density at radius 2 is 1.23 bits per heavy atom. The first-order valence-corrected chi connectivity index (χ1v) is 19.3. The van der Waals surface area contributed by atoms with Crippen molar-refractivity contribution in [3.05, 3.63) is 145 Å². The molecule has 0 atom stereocenters. The number of ether oxygens (including phenoxy) is 3. The molecule has 5 aromatic rings. The Hall–Kier alpha value is -4.07. The molecule has 1 aromatic heterocycles. The molecule has 0 saturated heterocycles. The van der Waals surface area contributed by atoms with Gasteiger partial charge in [-0.3, -0.25) is 0 Å². The van der Waals surface area contributed by atoms with Crippen LogP contribution in [0.25, 0.3) is 5.76 Å². The van der Waals surface area contributed by atoms with E-state index in [4.69, 9.17) is 54.0 Å². The number of nitrogens with one attached hydrogen (secondary N) is 1. The van der Waals surface area contributed by atoms with Crippen LogP contribution in [0, 0.1) is 20.8 Å². The lowest BCUT2D eigenvalue weighted by Gasteiger charge is -2.19. The molecule has 0 aliphatic carbocycles. The van der Waals surface area contributed by atoms with Crippen LogP contribution in [-0.4, -0.2) is 10.9 Å². The van der Waals surface area contributed by atoms with E-state index in [1.807, 2.05) is 62.4 Å². The van der Waals surface area contributed by atoms with E-state index < -0.39 is 0 Å². The fraction of sp³-hybridized carbons (Fsp3) is 0.250. The minimum Gasteiger partial charge on any atom is -0.452 e. The van der Waals surface area contributed by atoms with Gasteiger partial charge in [0.1, 0.15) is 38.7 Å². The van der Waals surface area contributed by atoms with Crippen LogP contribution >= 0.6 is 46.6 Å². The van der Waals surface area contributed by atoms with Crippen molar-refractivity contribution >= 4 is 58.2 Å². The van der Waals surface area contributed by atoms with Crippen molar-refractivity contribution in [2.45, 2.75) is 82.9 Å². The number of aryl methyl sites for hydroxylation is 3. The van der Waals surface area contributed by atoms with E-state index in [9.17, 15) is 0 Å². The van der Waals surface area contributed by atoms with Gasteiger partial charge in [-0.05, 0) is 108 Å². The molecule has 0 radical (unpaired) electrons. The van der Waals surface area contributed by atoms with Gasteiger partial charge in [-0.15, -0.1) is 0 Å². The summed E-state index contributed by atoms with van der Waals surface area (Å²) in [6, 6.07) is 27.7. The number of halogens is 3. The van der Waals surface area contributed by atoms with Gasteiger partial charge in [0.05, 0.1) is 4.90 Å². The zero-order valence-electron chi connectivity index (χ0n) is 31.4.